The van der Waals surface area contributed by atoms with Gasteiger partial charge in [0.2, 0.25) is 5.28 Å². The highest BCUT2D eigenvalue weighted by Crippen LogP contribution is 2.15. The van der Waals surface area contributed by atoms with Crippen LogP contribution in [0.3, 0.4) is 0 Å². The lowest BCUT2D eigenvalue weighted by Crippen LogP contribution is -2.18. The molecule has 0 spiro atoms. The van der Waals surface area contributed by atoms with E-state index in [1.807, 2.05) is 25.1 Å². The second kappa shape index (κ2) is 6.48. The first-order valence-electron chi connectivity index (χ1n) is 6.13. The minimum Gasteiger partial charge on any atom is -0.365 e. The van der Waals surface area contributed by atoms with Crippen LogP contribution in [0.2, 0.25) is 5.28 Å². The fourth-order valence-electron chi connectivity index (χ4n) is 1.78. The Balaban J connectivity index is 1.90. The number of aromatic nitrogens is 2. The molecule has 0 aliphatic heterocycles. The predicted molar refractivity (Wildman–Crippen MR) is 74.8 cm³/mol. The van der Waals surface area contributed by atoms with Gasteiger partial charge < -0.3 is 5.32 Å². The summed E-state index contributed by atoms with van der Waals surface area (Å²) in [6, 6.07) is 10.3. The fraction of sp³-hybridized carbons (Fsp3) is 0.286. The molecule has 1 atom stereocenters. The third kappa shape index (κ3) is 4.17. The van der Waals surface area contributed by atoms with Gasteiger partial charge in [-0.25, -0.2) is 9.37 Å². The van der Waals surface area contributed by atoms with Crippen molar-refractivity contribution in [1.29, 1.82) is 0 Å². The van der Waals surface area contributed by atoms with Crippen LogP contribution in [0, 0.1) is 5.82 Å². The normalized spacial score (nSPS) is 12.2. The van der Waals surface area contributed by atoms with E-state index >= 15 is 0 Å². The fourth-order valence-corrected chi connectivity index (χ4v) is 1.91. The minimum atomic E-state index is -0.490. The summed E-state index contributed by atoms with van der Waals surface area (Å²) in [6.07, 6.45) is 2.88. The van der Waals surface area contributed by atoms with Crippen molar-refractivity contribution in [2.24, 2.45) is 0 Å². The summed E-state index contributed by atoms with van der Waals surface area (Å²) in [5.41, 5.74) is 1.26. The van der Waals surface area contributed by atoms with Crippen LogP contribution in [0.5, 0.6) is 0 Å². The van der Waals surface area contributed by atoms with Crippen LogP contribution in [0.25, 0.3) is 0 Å². The van der Waals surface area contributed by atoms with E-state index in [4.69, 9.17) is 11.6 Å². The number of rotatable bonds is 5. The molecule has 0 aliphatic rings. The van der Waals surface area contributed by atoms with Crippen LogP contribution < -0.4 is 5.32 Å². The van der Waals surface area contributed by atoms with Gasteiger partial charge in [0.25, 0.3) is 0 Å². The number of benzene rings is 1. The maximum atomic E-state index is 13.4. The molecule has 0 bridgehead atoms. The Morgan fingerprint density at radius 3 is 2.79 bits per heavy atom. The molecule has 1 aromatic heterocycles. The number of hydrogen-bond acceptors (Lipinski definition) is 3. The average molecular weight is 280 g/mol. The monoisotopic (exact) mass is 279 g/mol. The number of anilines is 1. The quantitative estimate of drug-likeness (QED) is 0.848. The lowest BCUT2D eigenvalue weighted by molar-refractivity contribution is 0.608. The number of halogens is 2. The number of nitrogens with zero attached hydrogens (tertiary/aromatic N) is 2. The van der Waals surface area contributed by atoms with Gasteiger partial charge in [-0.1, -0.05) is 30.3 Å². The minimum absolute atomic E-state index is 0.0409. The largest absolute Gasteiger partial charge is 0.365 e. The Bertz CT molecular complexity index is 533. The zero-order chi connectivity index (χ0) is 13.7. The van der Waals surface area contributed by atoms with Crippen LogP contribution >= 0.6 is 11.6 Å². The third-order valence-corrected chi connectivity index (χ3v) is 2.99. The van der Waals surface area contributed by atoms with Gasteiger partial charge in [-0.2, -0.15) is 4.98 Å². The van der Waals surface area contributed by atoms with Gasteiger partial charge in [0.15, 0.2) is 11.6 Å². The van der Waals surface area contributed by atoms with E-state index in [0.29, 0.717) is 0 Å². The van der Waals surface area contributed by atoms with Gasteiger partial charge in [-0.3, -0.25) is 0 Å². The van der Waals surface area contributed by atoms with Crippen molar-refractivity contribution in [2.45, 2.75) is 25.8 Å². The summed E-state index contributed by atoms with van der Waals surface area (Å²) >= 11 is 5.64. The van der Waals surface area contributed by atoms with Crippen molar-refractivity contribution in [1.82, 2.24) is 9.97 Å². The molecule has 1 aromatic carbocycles. The summed E-state index contributed by atoms with van der Waals surface area (Å²) in [7, 11) is 0. The predicted octanol–water partition coefficient (Wildman–Crippen LogP) is 3.70. The Morgan fingerprint density at radius 1 is 1.32 bits per heavy atom. The Morgan fingerprint density at radius 2 is 2.05 bits per heavy atom. The summed E-state index contributed by atoms with van der Waals surface area (Å²) < 4.78 is 13.4. The van der Waals surface area contributed by atoms with E-state index in [0.717, 1.165) is 19.0 Å². The van der Waals surface area contributed by atoms with Crippen molar-refractivity contribution in [3.05, 3.63) is 53.2 Å². The lowest BCUT2D eigenvalue weighted by atomic mass is 10.1. The highest BCUT2D eigenvalue weighted by Gasteiger charge is 2.09. The molecule has 1 unspecified atom stereocenters. The van der Waals surface area contributed by atoms with Crippen molar-refractivity contribution in [2.75, 3.05) is 5.32 Å². The summed E-state index contributed by atoms with van der Waals surface area (Å²) in [5.74, 6) is -0.337. The second-order valence-corrected chi connectivity index (χ2v) is 4.74. The average Bonchev–Trinajstić information content (AvgIpc) is 2.42. The van der Waals surface area contributed by atoms with Gasteiger partial charge in [-0.05, 0) is 36.9 Å². The molecule has 0 radical (unpaired) electrons. The molecule has 0 saturated heterocycles. The zero-order valence-corrected chi connectivity index (χ0v) is 11.4. The maximum Gasteiger partial charge on any atom is 0.224 e. The van der Waals surface area contributed by atoms with Crippen molar-refractivity contribution < 1.29 is 4.39 Å². The van der Waals surface area contributed by atoms with Crippen molar-refractivity contribution >= 4 is 17.4 Å². The van der Waals surface area contributed by atoms with Gasteiger partial charge in [0.1, 0.15) is 0 Å². The molecule has 0 amide bonds. The molecule has 0 saturated carbocycles. The topological polar surface area (TPSA) is 37.8 Å². The van der Waals surface area contributed by atoms with E-state index in [9.17, 15) is 4.39 Å². The Hall–Kier alpha value is -1.68. The molecule has 2 aromatic rings. The van der Waals surface area contributed by atoms with Crippen LogP contribution in [0.1, 0.15) is 18.9 Å². The molecular formula is C14H15ClFN3. The van der Waals surface area contributed by atoms with Crippen LogP contribution in [0.4, 0.5) is 10.2 Å². The van der Waals surface area contributed by atoms with Crippen molar-refractivity contribution in [3.63, 3.8) is 0 Å². The second-order valence-electron chi connectivity index (χ2n) is 4.41. The number of nitrogens with one attached hydrogen (secondary N) is 1. The van der Waals surface area contributed by atoms with E-state index in [1.165, 1.54) is 5.56 Å². The first kappa shape index (κ1) is 13.7. The molecule has 5 heteroatoms. The summed E-state index contributed by atoms with van der Waals surface area (Å²) in [4.78, 5) is 7.42. The molecule has 1 N–H and O–H groups in total. The van der Waals surface area contributed by atoms with E-state index in [1.54, 1.807) is 0 Å². The van der Waals surface area contributed by atoms with Gasteiger partial charge in [-0.15, -0.1) is 0 Å². The first-order valence-corrected chi connectivity index (χ1v) is 6.51. The van der Waals surface area contributed by atoms with Gasteiger partial charge >= 0.3 is 0 Å². The number of hydrogen-bond donors (Lipinski definition) is 1. The highest BCUT2D eigenvalue weighted by atomic mass is 35.5. The van der Waals surface area contributed by atoms with Crippen LogP contribution in [0.15, 0.2) is 36.5 Å². The zero-order valence-electron chi connectivity index (χ0n) is 10.6. The van der Waals surface area contributed by atoms with E-state index < -0.39 is 5.82 Å². The third-order valence-electron chi connectivity index (χ3n) is 2.81. The van der Waals surface area contributed by atoms with Crippen LogP contribution in [-0.4, -0.2) is 16.0 Å². The number of aryl methyl sites for hydroxylation is 1. The maximum absolute atomic E-state index is 13.4. The molecule has 1 heterocycles. The van der Waals surface area contributed by atoms with E-state index in [2.05, 4.69) is 27.4 Å². The molecule has 0 aliphatic carbocycles. The van der Waals surface area contributed by atoms with Crippen LogP contribution in [-0.2, 0) is 6.42 Å². The van der Waals surface area contributed by atoms with Gasteiger partial charge in [0, 0.05) is 6.04 Å². The Kier molecular flexibility index (Phi) is 4.68. The molecule has 0 fully saturated rings. The first-order chi connectivity index (χ1) is 9.15. The summed E-state index contributed by atoms with van der Waals surface area (Å²) in [5, 5.41) is 3.05. The van der Waals surface area contributed by atoms with E-state index in [-0.39, 0.29) is 17.1 Å². The standard InChI is InChI=1S/C14H15ClFN3/c1-10(7-8-11-5-3-2-4-6-11)18-13-12(16)9-17-14(15)19-13/h2-6,9-10H,7-8H2,1H3,(H,17,18,19). The molecule has 3 nitrogen and oxygen atoms in total. The summed E-state index contributed by atoms with van der Waals surface area (Å²) in [6.45, 7) is 1.98. The van der Waals surface area contributed by atoms with Crippen molar-refractivity contribution in [3.8, 4) is 0 Å². The molecule has 19 heavy (non-hydrogen) atoms. The van der Waals surface area contributed by atoms with Gasteiger partial charge in [0.05, 0.1) is 6.20 Å². The SMILES string of the molecule is CC(CCc1ccccc1)Nc1nc(Cl)ncc1F. The molecule has 100 valence electrons. The smallest absolute Gasteiger partial charge is 0.224 e. The lowest BCUT2D eigenvalue weighted by Gasteiger charge is -2.14. The Labute approximate surface area is 116 Å². The molecular weight excluding hydrogens is 265 g/mol. The highest BCUT2D eigenvalue weighted by molar-refractivity contribution is 6.28. The molecule has 2 rings (SSSR count).